The van der Waals surface area contributed by atoms with Gasteiger partial charge in [0.25, 0.3) is 5.70 Å². The molecule has 0 saturated heterocycles. The number of hydrogen-bond acceptors (Lipinski definition) is 9. The van der Waals surface area contributed by atoms with Crippen molar-refractivity contribution < 1.29 is 44.1 Å². The SMILES string of the molecule is CC(=O)OC1(O)C=C(/C=C/C(=O)O)C([N+](=O)[O-])=CC1(O)OC(C)=O. The normalized spacial score (nSPS) is 26.3. The summed E-state index contributed by atoms with van der Waals surface area (Å²) in [5.74, 6) is -9.80. The Balaban J connectivity index is 3.56. The minimum atomic E-state index is -3.09. The first kappa shape index (κ1) is 19.0. The molecular weight excluding hydrogens is 330 g/mol. The number of ether oxygens (including phenoxy) is 2. The van der Waals surface area contributed by atoms with Crippen LogP contribution in [0.25, 0.3) is 0 Å². The third kappa shape index (κ3) is 4.02. The molecule has 1 aliphatic rings. The first-order valence-electron chi connectivity index (χ1n) is 6.25. The van der Waals surface area contributed by atoms with Crippen LogP contribution < -0.4 is 0 Å². The number of nitro groups is 1. The number of carboxylic acids is 1. The molecule has 0 bridgehead atoms. The fourth-order valence-corrected chi connectivity index (χ4v) is 1.86. The van der Waals surface area contributed by atoms with Gasteiger partial charge in [-0.15, -0.1) is 0 Å². The Kier molecular flexibility index (Phi) is 5.22. The zero-order valence-corrected chi connectivity index (χ0v) is 12.5. The van der Waals surface area contributed by atoms with Gasteiger partial charge >= 0.3 is 29.5 Å². The number of hydrogen-bond donors (Lipinski definition) is 3. The van der Waals surface area contributed by atoms with E-state index in [4.69, 9.17) is 5.11 Å². The number of aliphatic hydroxyl groups is 2. The topological polar surface area (TPSA) is 173 Å². The lowest BCUT2D eigenvalue weighted by Gasteiger charge is -2.38. The molecule has 11 nitrogen and oxygen atoms in total. The largest absolute Gasteiger partial charge is 0.478 e. The minimum absolute atomic E-state index is 0.332. The second-order valence-corrected chi connectivity index (χ2v) is 4.64. The van der Waals surface area contributed by atoms with E-state index >= 15 is 0 Å². The number of carbonyl (C=O) groups is 3. The van der Waals surface area contributed by atoms with Crippen molar-refractivity contribution in [1.29, 1.82) is 0 Å². The first-order chi connectivity index (χ1) is 10.9. The van der Waals surface area contributed by atoms with Gasteiger partial charge in [0.15, 0.2) is 0 Å². The van der Waals surface area contributed by atoms with Crippen molar-refractivity contribution in [3.8, 4) is 0 Å². The highest BCUT2D eigenvalue weighted by Gasteiger charge is 2.58. The van der Waals surface area contributed by atoms with E-state index in [0.29, 0.717) is 18.2 Å². The Labute approximate surface area is 134 Å². The van der Waals surface area contributed by atoms with E-state index in [-0.39, 0.29) is 0 Å². The summed E-state index contributed by atoms with van der Waals surface area (Å²) in [7, 11) is 0. The maximum atomic E-state index is 11.1. The average molecular weight is 343 g/mol. The van der Waals surface area contributed by atoms with Crippen LogP contribution in [0.1, 0.15) is 13.8 Å². The Bertz CT molecular complexity index is 691. The molecule has 0 aromatic rings. The lowest BCUT2D eigenvalue weighted by atomic mass is 9.92. The molecule has 2 unspecified atom stereocenters. The number of carboxylic acid groups (broad SMARTS) is 1. The molecule has 0 aliphatic heterocycles. The van der Waals surface area contributed by atoms with Gasteiger partial charge < -0.3 is 24.8 Å². The van der Waals surface area contributed by atoms with Crippen molar-refractivity contribution in [2.45, 2.75) is 25.4 Å². The van der Waals surface area contributed by atoms with Crippen LogP contribution in [0.5, 0.6) is 0 Å². The Morgan fingerprint density at radius 1 is 1.12 bits per heavy atom. The standard InChI is InChI=1S/C13H13NO10/c1-7(15)23-12(19)5-9(3-4-11(17)18)10(14(21)22)6-13(12,20)24-8(2)16/h3-6,19-20H,1-2H3,(H,17,18)/b4-3+. The summed E-state index contributed by atoms with van der Waals surface area (Å²) in [6.45, 7) is 1.70. The van der Waals surface area contributed by atoms with E-state index in [0.717, 1.165) is 19.9 Å². The maximum Gasteiger partial charge on any atom is 0.328 e. The van der Waals surface area contributed by atoms with E-state index in [9.17, 15) is 34.7 Å². The predicted octanol–water partition coefficient (Wildman–Crippen LogP) is -0.769. The maximum absolute atomic E-state index is 11.1. The molecule has 0 radical (unpaired) electrons. The second-order valence-electron chi connectivity index (χ2n) is 4.64. The number of esters is 2. The molecular formula is C13H13NO10. The molecule has 0 aromatic heterocycles. The summed E-state index contributed by atoms with van der Waals surface area (Å²) in [5.41, 5.74) is -1.38. The summed E-state index contributed by atoms with van der Waals surface area (Å²) in [6.07, 6.45) is 2.08. The lowest BCUT2D eigenvalue weighted by molar-refractivity contribution is -0.425. The van der Waals surface area contributed by atoms with Gasteiger partial charge in [-0.1, -0.05) is 0 Å². The summed E-state index contributed by atoms with van der Waals surface area (Å²) in [4.78, 5) is 42.9. The van der Waals surface area contributed by atoms with Crippen LogP contribution in [0.4, 0.5) is 0 Å². The highest BCUT2D eigenvalue weighted by Crippen LogP contribution is 2.37. The summed E-state index contributed by atoms with van der Waals surface area (Å²) in [5, 5.41) is 40.3. The van der Waals surface area contributed by atoms with Crippen LogP contribution >= 0.6 is 0 Å². The summed E-state index contributed by atoms with van der Waals surface area (Å²) in [6, 6.07) is 0. The Morgan fingerprint density at radius 3 is 1.96 bits per heavy atom. The summed E-state index contributed by atoms with van der Waals surface area (Å²) < 4.78 is 9.00. The average Bonchev–Trinajstić information content (AvgIpc) is 2.37. The van der Waals surface area contributed by atoms with Gasteiger partial charge in [0, 0.05) is 26.0 Å². The molecule has 2 atom stereocenters. The fourth-order valence-electron chi connectivity index (χ4n) is 1.86. The Hall–Kier alpha value is -3.05. The zero-order chi connectivity index (χ0) is 18.7. The summed E-state index contributed by atoms with van der Waals surface area (Å²) >= 11 is 0. The number of rotatable bonds is 5. The van der Waals surface area contributed by atoms with E-state index in [1.807, 2.05) is 0 Å². The molecule has 1 rings (SSSR count). The van der Waals surface area contributed by atoms with Gasteiger partial charge in [0.1, 0.15) is 0 Å². The lowest BCUT2D eigenvalue weighted by Crippen LogP contribution is -2.58. The monoisotopic (exact) mass is 343 g/mol. The van der Waals surface area contributed by atoms with Gasteiger partial charge in [-0.2, -0.15) is 0 Å². The molecule has 0 fully saturated rings. The van der Waals surface area contributed by atoms with Crippen LogP contribution in [0, 0.1) is 10.1 Å². The van der Waals surface area contributed by atoms with Gasteiger partial charge in [0.2, 0.25) is 0 Å². The first-order valence-corrected chi connectivity index (χ1v) is 6.25. The molecule has 24 heavy (non-hydrogen) atoms. The van der Waals surface area contributed by atoms with Gasteiger partial charge in [-0.3, -0.25) is 19.7 Å². The van der Waals surface area contributed by atoms with E-state index in [1.165, 1.54) is 0 Å². The van der Waals surface area contributed by atoms with Crippen molar-refractivity contribution in [3.63, 3.8) is 0 Å². The van der Waals surface area contributed by atoms with Crippen LogP contribution in [-0.2, 0) is 23.9 Å². The fraction of sp³-hybridized carbons (Fsp3) is 0.308. The van der Waals surface area contributed by atoms with Crippen LogP contribution in [0.3, 0.4) is 0 Å². The van der Waals surface area contributed by atoms with Gasteiger partial charge in [0.05, 0.1) is 16.6 Å². The number of carbonyl (C=O) groups excluding carboxylic acids is 2. The molecule has 0 amide bonds. The Morgan fingerprint density at radius 2 is 1.58 bits per heavy atom. The molecule has 1 aliphatic carbocycles. The van der Waals surface area contributed by atoms with E-state index in [1.54, 1.807) is 0 Å². The van der Waals surface area contributed by atoms with Crippen LogP contribution in [0.15, 0.2) is 35.6 Å². The predicted molar refractivity (Wildman–Crippen MR) is 73.4 cm³/mol. The molecule has 3 N–H and O–H groups in total. The number of nitrogens with zero attached hydrogens (tertiary/aromatic N) is 1. The molecule has 0 saturated carbocycles. The highest BCUT2D eigenvalue weighted by atomic mass is 16.7. The third-order valence-corrected chi connectivity index (χ3v) is 2.69. The quantitative estimate of drug-likeness (QED) is 0.189. The zero-order valence-electron chi connectivity index (χ0n) is 12.5. The van der Waals surface area contributed by atoms with Crippen molar-refractivity contribution in [1.82, 2.24) is 0 Å². The van der Waals surface area contributed by atoms with Crippen molar-refractivity contribution >= 4 is 17.9 Å². The van der Waals surface area contributed by atoms with Gasteiger partial charge in [-0.25, -0.2) is 4.79 Å². The van der Waals surface area contributed by atoms with Gasteiger partial charge in [-0.05, 0) is 6.08 Å². The van der Waals surface area contributed by atoms with Crippen molar-refractivity contribution in [3.05, 3.63) is 45.7 Å². The van der Waals surface area contributed by atoms with Crippen LogP contribution in [0.2, 0.25) is 0 Å². The molecule has 0 aromatic carbocycles. The smallest absolute Gasteiger partial charge is 0.328 e. The number of aliphatic carboxylic acids is 1. The van der Waals surface area contributed by atoms with E-state index < -0.39 is 45.7 Å². The molecule has 0 heterocycles. The van der Waals surface area contributed by atoms with Crippen molar-refractivity contribution in [2.24, 2.45) is 0 Å². The van der Waals surface area contributed by atoms with Crippen molar-refractivity contribution in [2.75, 3.05) is 0 Å². The third-order valence-electron chi connectivity index (χ3n) is 2.69. The molecule has 0 spiro atoms. The van der Waals surface area contributed by atoms with E-state index in [2.05, 4.69) is 9.47 Å². The second kappa shape index (κ2) is 6.60. The molecule has 130 valence electrons. The minimum Gasteiger partial charge on any atom is -0.478 e. The van der Waals surface area contributed by atoms with Crippen LogP contribution in [-0.4, -0.2) is 49.7 Å². The number of allylic oxidation sites excluding steroid dienone is 1. The highest BCUT2D eigenvalue weighted by molar-refractivity contribution is 5.80. The molecule has 11 heteroatoms.